The number of para-hydroxylation sites is 3. The largest absolute Gasteiger partial charge is 0.310 e. The molecule has 56 heavy (non-hydrogen) atoms. The van der Waals surface area contributed by atoms with Gasteiger partial charge >= 0.3 is 0 Å². The van der Waals surface area contributed by atoms with Gasteiger partial charge in [-0.15, -0.1) is 0 Å². The standard InChI is InChI=1S/C54H38N2/c1-4-17-39(18-5-1)41-31-35-44(36-32-41)55(45-37-33-42(34-38-45)40-19-6-2-7-20-40)51-28-14-11-24-47(51)48-26-16-30-53-54(48)49-25-12-15-29-52(49)56(53)50-27-13-10-23-46(50)43-21-8-3-9-22-43/h1-38H. The Morgan fingerprint density at radius 3 is 1.36 bits per heavy atom. The Bertz CT molecular complexity index is 2840. The SMILES string of the molecule is c1ccc(-c2ccc(N(c3ccc(-c4ccccc4)cc3)c3ccccc3-c3cccc4c3c3ccccc3n4-c3ccccc3-c3ccccc3)cc2)cc1. The number of rotatable bonds is 8. The van der Waals surface area contributed by atoms with Gasteiger partial charge in [0.05, 0.1) is 22.4 Å². The molecule has 0 saturated carbocycles. The summed E-state index contributed by atoms with van der Waals surface area (Å²) in [4.78, 5) is 2.40. The van der Waals surface area contributed by atoms with Crippen molar-refractivity contribution in [2.75, 3.05) is 4.90 Å². The van der Waals surface area contributed by atoms with Gasteiger partial charge in [-0.1, -0.05) is 182 Å². The van der Waals surface area contributed by atoms with Crippen molar-refractivity contribution in [2.24, 2.45) is 0 Å². The van der Waals surface area contributed by atoms with Gasteiger partial charge in [-0.05, 0) is 81.9 Å². The molecule has 264 valence electrons. The average Bonchev–Trinajstić information content (AvgIpc) is 3.63. The second-order valence-corrected chi connectivity index (χ2v) is 14.1. The molecule has 0 spiro atoms. The molecule has 0 N–H and O–H groups in total. The lowest BCUT2D eigenvalue weighted by Gasteiger charge is -2.28. The van der Waals surface area contributed by atoms with Crippen molar-refractivity contribution in [3.8, 4) is 50.2 Å². The summed E-state index contributed by atoms with van der Waals surface area (Å²) in [7, 11) is 0. The molecule has 0 bridgehead atoms. The smallest absolute Gasteiger partial charge is 0.0547 e. The van der Waals surface area contributed by atoms with Gasteiger partial charge in [-0.3, -0.25) is 0 Å². The maximum atomic E-state index is 2.45. The summed E-state index contributed by atoms with van der Waals surface area (Å²) < 4.78 is 2.45. The van der Waals surface area contributed by atoms with Gasteiger partial charge in [0.25, 0.3) is 0 Å². The predicted molar refractivity (Wildman–Crippen MR) is 237 cm³/mol. The Morgan fingerprint density at radius 2 is 0.732 bits per heavy atom. The maximum absolute atomic E-state index is 2.45. The number of hydrogen-bond donors (Lipinski definition) is 0. The highest BCUT2D eigenvalue weighted by Crippen LogP contribution is 2.46. The average molecular weight is 715 g/mol. The van der Waals surface area contributed by atoms with E-state index in [9.17, 15) is 0 Å². The van der Waals surface area contributed by atoms with E-state index >= 15 is 0 Å². The molecule has 2 nitrogen and oxygen atoms in total. The second kappa shape index (κ2) is 14.4. The van der Waals surface area contributed by atoms with E-state index in [4.69, 9.17) is 0 Å². The molecule has 1 aromatic heterocycles. The van der Waals surface area contributed by atoms with Crippen LogP contribution in [0.25, 0.3) is 72.0 Å². The molecule has 10 rings (SSSR count). The van der Waals surface area contributed by atoms with Gasteiger partial charge < -0.3 is 9.47 Å². The quantitative estimate of drug-likeness (QED) is 0.152. The minimum atomic E-state index is 1.09. The van der Waals surface area contributed by atoms with Crippen molar-refractivity contribution in [1.82, 2.24) is 4.57 Å². The van der Waals surface area contributed by atoms with Crippen LogP contribution < -0.4 is 4.90 Å². The van der Waals surface area contributed by atoms with Gasteiger partial charge in [-0.25, -0.2) is 0 Å². The number of nitrogens with zero attached hydrogens (tertiary/aromatic N) is 2. The molecular formula is C54H38N2. The third-order valence-electron chi connectivity index (χ3n) is 10.8. The van der Waals surface area contributed by atoms with E-state index in [2.05, 4.69) is 240 Å². The lowest BCUT2D eigenvalue weighted by atomic mass is 9.96. The third kappa shape index (κ3) is 5.95. The van der Waals surface area contributed by atoms with Crippen molar-refractivity contribution in [2.45, 2.75) is 0 Å². The van der Waals surface area contributed by atoms with Gasteiger partial charge in [0.15, 0.2) is 0 Å². The van der Waals surface area contributed by atoms with Gasteiger partial charge in [0.2, 0.25) is 0 Å². The van der Waals surface area contributed by atoms with Crippen LogP contribution in [0, 0.1) is 0 Å². The minimum absolute atomic E-state index is 1.09. The zero-order chi connectivity index (χ0) is 37.3. The molecular weight excluding hydrogens is 677 g/mol. The molecule has 0 aliphatic rings. The van der Waals surface area contributed by atoms with E-state index in [0.717, 1.165) is 28.3 Å². The Hall–Kier alpha value is -7.42. The molecule has 0 fully saturated rings. The number of benzene rings is 9. The van der Waals surface area contributed by atoms with E-state index in [0.29, 0.717) is 0 Å². The second-order valence-electron chi connectivity index (χ2n) is 14.1. The number of anilines is 3. The molecule has 0 unspecified atom stereocenters. The number of aromatic nitrogens is 1. The Labute approximate surface area is 327 Å². The first-order valence-corrected chi connectivity index (χ1v) is 19.2. The van der Waals surface area contributed by atoms with Crippen LogP contribution in [0.4, 0.5) is 17.1 Å². The molecule has 0 saturated heterocycles. The van der Waals surface area contributed by atoms with E-state index in [-0.39, 0.29) is 0 Å². The molecule has 1 heterocycles. The van der Waals surface area contributed by atoms with Gasteiger partial charge in [-0.2, -0.15) is 0 Å². The fourth-order valence-electron chi connectivity index (χ4n) is 8.22. The molecule has 0 radical (unpaired) electrons. The molecule has 9 aromatic carbocycles. The highest BCUT2D eigenvalue weighted by atomic mass is 15.1. The first-order valence-electron chi connectivity index (χ1n) is 19.2. The predicted octanol–water partition coefficient (Wildman–Crippen LogP) is 14.9. The number of fused-ring (bicyclic) bond motifs is 3. The zero-order valence-electron chi connectivity index (χ0n) is 30.8. The van der Waals surface area contributed by atoms with Crippen molar-refractivity contribution in [1.29, 1.82) is 0 Å². The first kappa shape index (κ1) is 33.2. The number of hydrogen-bond acceptors (Lipinski definition) is 1. The van der Waals surface area contributed by atoms with E-state index in [1.54, 1.807) is 0 Å². The maximum Gasteiger partial charge on any atom is 0.0547 e. The van der Waals surface area contributed by atoms with Gasteiger partial charge in [0, 0.05) is 33.3 Å². The lowest BCUT2D eigenvalue weighted by molar-refractivity contribution is 1.18. The minimum Gasteiger partial charge on any atom is -0.310 e. The molecule has 0 aliphatic carbocycles. The zero-order valence-corrected chi connectivity index (χ0v) is 30.8. The Morgan fingerprint density at radius 1 is 0.286 bits per heavy atom. The summed E-state index contributed by atoms with van der Waals surface area (Å²) in [6.45, 7) is 0. The fraction of sp³-hybridized carbons (Fsp3) is 0. The monoisotopic (exact) mass is 714 g/mol. The molecule has 2 heteroatoms. The molecule has 0 amide bonds. The summed E-state index contributed by atoms with van der Waals surface area (Å²) in [5.41, 5.74) is 16.4. The summed E-state index contributed by atoms with van der Waals surface area (Å²) in [6.07, 6.45) is 0. The van der Waals surface area contributed by atoms with Crippen LogP contribution in [0.1, 0.15) is 0 Å². The van der Waals surface area contributed by atoms with Crippen LogP contribution in [0.5, 0.6) is 0 Å². The van der Waals surface area contributed by atoms with Crippen LogP contribution in [0.3, 0.4) is 0 Å². The summed E-state index contributed by atoms with van der Waals surface area (Å²) >= 11 is 0. The van der Waals surface area contributed by atoms with Crippen molar-refractivity contribution in [3.63, 3.8) is 0 Å². The topological polar surface area (TPSA) is 8.17 Å². The molecule has 0 atom stereocenters. The van der Waals surface area contributed by atoms with Crippen LogP contribution in [0.15, 0.2) is 231 Å². The fourth-order valence-corrected chi connectivity index (χ4v) is 8.22. The normalized spacial score (nSPS) is 11.2. The van der Waals surface area contributed by atoms with Crippen LogP contribution >= 0.6 is 0 Å². The highest BCUT2D eigenvalue weighted by Gasteiger charge is 2.22. The summed E-state index contributed by atoms with van der Waals surface area (Å²) in [6, 6.07) is 83.0. The van der Waals surface area contributed by atoms with Crippen molar-refractivity contribution < 1.29 is 0 Å². The van der Waals surface area contributed by atoms with E-state index in [1.807, 2.05) is 0 Å². The van der Waals surface area contributed by atoms with E-state index < -0.39 is 0 Å². The summed E-state index contributed by atoms with van der Waals surface area (Å²) in [5.74, 6) is 0. The molecule has 10 aromatic rings. The van der Waals surface area contributed by atoms with Crippen LogP contribution in [0.2, 0.25) is 0 Å². The van der Waals surface area contributed by atoms with E-state index in [1.165, 1.54) is 60.8 Å². The third-order valence-corrected chi connectivity index (χ3v) is 10.8. The van der Waals surface area contributed by atoms with Gasteiger partial charge in [0.1, 0.15) is 0 Å². The Balaban J connectivity index is 1.18. The highest BCUT2D eigenvalue weighted by molar-refractivity contribution is 6.17. The first-order chi connectivity index (χ1) is 27.8. The van der Waals surface area contributed by atoms with Crippen LogP contribution in [-0.4, -0.2) is 4.57 Å². The molecule has 0 aliphatic heterocycles. The summed E-state index contributed by atoms with van der Waals surface area (Å²) in [5, 5.41) is 2.46. The van der Waals surface area contributed by atoms with Crippen molar-refractivity contribution >= 4 is 38.9 Å². The Kier molecular flexibility index (Phi) is 8.55. The van der Waals surface area contributed by atoms with Crippen LogP contribution in [-0.2, 0) is 0 Å². The lowest BCUT2D eigenvalue weighted by Crippen LogP contribution is -2.11. The van der Waals surface area contributed by atoms with Crippen molar-refractivity contribution in [3.05, 3.63) is 231 Å².